The van der Waals surface area contributed by atoms with Gasteiger partial charge in [-0.3, -0.25) is 19.3 Å². The quantitative estimate of drug-likeness (QED) is 0.489. The second-order valence-corrected chi connectivity index (χ2v) is 11.8. The van der Waals surface area contributed by atoms with Gasteiger partial charge in [-0.2, -0.15) is 11.8 Å². The Morgan fingerprint density at radius 1 is 0.971 bits per heavy atom. The molecular formula is C27H27N3O3S2. The van der Waals surface area contributed by atoms with Gasteiger partial charge in [0.1, 0.15) is 0 Å². The van der Waals surface area contributed by atoms with Gasteiger partial charge in [-0.15, -0.1) is 11.3 Å². The van der Waals surface area contributed by atoms with Gasteiger partial charge in [-0.05, 0) is 42.5 Å². The van der Waals surface area contributed by atoms with Crippen LogP contribution in [0.1, 0.15) is 38.4 Å². The van der Waals surface area contributed by atoms with E-state index in [1.165, 1.54) is 4.90 Å². The Hall–Kier alpha value is -2.84. The Kier molecular flexibility index (Phi) is 6.02. The maximum absolute atomic E-state index is 13.6. The molecule has 0 aliphatic carbocycles. The van der Waals surface area contributed by atoms with Crippen molar-refractivity contribution >= 4 is 56.6 Å². The van der Waals surface area contributed by atoms with E-state index in [1.54, 1.807) is 17.4 Å². The monoisotopic (exact) mass is 505 g/mol. The van der Waals surface area contributed by atoms with E-state index < -0.39 is 0 Å². The third-order valence-corrected chi connectivity index (χ3v) is 9.24. The molecule has 1 aromatic heterocycles. The minimum atomic E-state index is -0.237. The van der Waals surface area contributed by atoms with Gasteiger partial charge in [0.25, 0.3) is 11.8 Å². The minimum absolute atomic E-state index is 0.0652. The number of carbonyl (C=O) groups is 3. The number of fused-ring (bicyclic) bond motifs is 2. The van der Waals surface area contributed by atoms with Crippen LogP contribution < -0.4 is 4.90 Å². The molecule has 0 bridgehead atoms. The zero-order valence-electron chi connectivity index (χ0n) is 19.4. The molecule has 2 saturated heterocycles. The van der Waals surface area contributed by atoms with E-state index >= 15 is 0 Å². The zero-order chi connectivity index (χ0) is 23.9. The average molecular weight is 506 g/mol. The third-order valence-electron chi connectivity index (χ3n) is 7.20. The Morgan fingerprint density at radius 2 is 1.80 bits per heavy atom. The lowest BCUT2D eigenvalue weighted by atomic mass is 9.94. The fourth-order valence-electron chi connectivity index (χ4n) is 5.43. The molecule has 3 aliphatic heterocycles. The van der Waals surface area contributed by atoms with Gasteiger partial charge in [0.05, 0.1) is 29.3 Å². The van der Waals surface area contributed by atoms with Gasteiger partial charge in [-0.25, -0.2) is 0 Å². The summed E-state index contributed by atoms with van der Waals surface area (Å²) in [5, 5.41) is 1.13. The normalized spacial score (nSPS) is 20.6. The second-order valence-electron chi connectivity index (χ2n) is 9.37. The Balaban J connectivity index is 1.24. The molecule has 0 N–H and O–H groups in total. The zero-order valence-corrected chi connectivity index (χ0v) is 21.1. The summed E-state index contributed by atoms with van der Waals surface area (Å²) in [7, 11) is 0. The number of rotatable bonds is 4. The van der Waals surface area contributed by atoms with Gasteiger partial charge in [-0.1, -0.05) is 24.3 Å². The van der Waals surface area contributed by atoms with Crippen LogP contribution in [-0.2, 0) is 11.3 Å². The van der Waals surface area contributed by atoms with Crippen molar-refractivity contribution in [3.8, 4) is 0 Å². The van der Waals surface area contributed by atoms with E-state index in [4.69, 9.17) is 0 Å². The molecule has 3 amide bonds. The van der Waals surface area contributed by atoms with Crippen molar-refractivity contribution in [3.05, 3.63) is 64.5 Å². The molecule has 0 saturated carbocycles. The number of carbonyl (C=O) groups excluding carboxylic acids is 3. The number of imide groups is 1. The number of anilines is 1. The van der Waals surface area contributed by atoms with E-state index in [1.807, 2.05) is 47.0 Å². The molecule has 35 heavy (non-hydrogen) atoms. The molecule has 1 unspecified atom stereocenters. The van der Waals surface area contributed by atoms with E-state index in [9.17, 15) is 14.4 Å². The van der Waals surface area contributed by atoms with Gasteiger partial charge in [0, 0.05) is 47.3 Å². The summed E-state index contributed by atoms with van der Waals surface area (Å²) >= 11 is 3.51. The van der Waals surface area contributed by atoms with Crippen molar-refractivity contribution in [1.29, 1.82) is 0 Å². The summed E-state index contributed by atoms with van der Waals surface area (Å²) in [5.74, 6) is 1.70. The molecule has 180 valence electrons. The second kappa shape index (κ2) is 9.32. The fourth-order valence-corrected chi connectivity index (χ4v) is 7.39. The molecule has 3 aromatic rings. The lowest BCUT2D eigenvalue weighted by molar-refractivity contribution is -0.135. The molecule has 8 heteroatoms. The summed E-state index contributed by atoms with van der Waals surface area (Å²) in [6.45, 7) is 3.30. The number of hydrogen-bond acceptors (Lipinski definition) is 6. The predicted molar refractivity (Wildman–Crippen MR) is 141 cm³/mol. The molecule has 2 aromatic carbocycles. The number of piperidine rings is 1. The standard InChI is InChI=1S/C27H27N3O3S2/c31-25(28-11-13-34-14-12-28)19-6-4-10-29(16-19)22-8-3-7-21-24(22)27(33)30(26(21)32)17-20-15-18-5-1-2-9-23(18)35-20/h1-3,5,7-9,15,19H,4,6,10-14,16-17H2. The molecule has 3 aliphatic rings. The fraction of sp³-hybridized carbons (Fsp3) is 0.370. The number of hydrogen-bond donors (Lipinski definition) is 0. The Morgan fingerprint density at radius 3 is 2.63 bits per heavy atom. The highest BCUT2D eigenvalue weighted by atomic mass is 32.2. The van der Waals surface area contributed by atoms with Crippen LogP contribution in [0.5, 0.6) is 0 Å². The van der Waals surface area contributed by atoms with Crippen molar-refractivity contribution in [3.63, 3.8) is 0 Å². The maximum Gasteiger partial charge on any atom is 0.264 e. The number of benzene rings is 2. The first-order chi connectivity index (χ1) is 17.1. The Bertz CT molecular complexity index is 1280. The van der Waals surface area contributed by atoms with Crippen molar-refractivity contribution in [2.24, 2.45) is 5.92 Å². The summed E-state index contributed by atoms with van der Waals surface area (Å²) in [6, 6.07) is 15.7. The largest absolute Gasteiger partial charge is 0.370 e. The van der Waals surface area contributed by atoms with Crippen LogP contribution in [0.3, 0.4) is 0 Å². The van der Waals surface area contributed by atoms with Crippen LogP contribution in [0.15, 0.2) is 48.5 Å². The van der Waals surface area contributed by atoms with Crippen molar-refractivity contribution in [1.82, 2.24) is 9.80 Å². The Labute approximate surface area is 212 Å². The van der Waals surface area contributed by atoms with Crippen LogP contribution in [0.2, 0.25) is 0 Å². The van der Waals surface area contributed by atoms with Crippen molar-refractivity contribution in [2.75, 3.05) is 42.6 Å². The highest BCUT2D eigenvalue weighted by Gasteiger charge is 2.40. The molecule has 4 heterocycles. The van der Waals surface area contributed by atoms with Gasteiger partial charge in [0.15, 0.2) is 0 Å². The lowest BCUT2D eigenvalue weighted by Gasteiger charge is -2.37. The topological polar surface area (TPSA) is 60.9 Å². The number of thioether (sulfide) groups is 1. The molecule has 2 fully saturated rings. The smallest absolute Gasteiger partial charge is 0.264 e. The third kappa shape index (κ3) is 4.12. The lowest BCUT2D eigenvalue weighted by Crippen LogP contribution is -2.47. The van der Waals surface area contributed by atoms with Crippen LogP contribution in [-0.4, -0.2) is 65.2 Å². The number of amides is 3. The average Bonchev–Trinajstić information content (AvgIpc) is 3.43. The minimum Gasteiger partial charge on any atom is -0.370 e. The van der Waals surface area contributed by atoms with E-state index in [0.717, 1.165) is 64.6 Å². The van der Waals surface area contributed by atoms with Gasteiger partial charge >= 0.3 is 0 Å². The maximum atomic E-state index is 13.6. The first-order valence-electron chi connectivity index (χ1n) is 12.2. The first-order valence-corrected chi connectivity index (χ1v) is 14.2. The van der Waals surface area contributed by atoms with E-state index in [2.05, 4.69) is 17.0 Å². The van der Waals surface area contributed by atoms with Crippen LogP contribution in [0, 0.1) is 5.92 Å². The van der Waals surface area contributed by atoms with Gasteiger partial charge in [0.2, 0.25) is 5.91 Å². The predicted octanol–water partition coefficient (Wildman–Crippen LogP) is 4.49. The summed E-state index contributed by atoms with van der Waals surface area (Å²) in [5.41, 5.74) is 1.74. The molecule has 6 rings (SSSR count). The van der Waals surface area contributed by atoms with E-state index in [-0.39, 0.29) is 30.2 Å². The van der Waals surface area contributed by atoms with Crippen LogP contribution in [0.25, 0.3) is 10.1 Å². The highest BCUT2D eigenvalue weighted by Crippen LogP contribution is 2.36. The SMILES string of the molecule is O=C(C1CCCN(c2cccc3c2C(=O)N(Cc2cc4ccccc4s2)C3=O)C1)N1CCSCC1. The molecule has 0 radical (unpaired) electrons. The molecule has 1 atom stereocenters. The molecule has 0 spiro atoms. The van der Waals surface area contributed by atoms with Gasteiger partial charge < -0.3 is 9.80 Å². The summed E-state index contributed by atoms with van der Waals surface area (Å²) in [6.07, 6.45) is 1.77. The van der Waals surface area contributed by atoms with E-state index in [0.29, 0.717) is 17.7 Å². The highest BCUT2D eigenvalue weighted by molar-refractivity contribution is 7.99. The van der Waals surface area contributed by atoms with Crippen LogP contribution >= 0.6 is 23.1 Å². The summed E-state index contributed by atoms with van der Waals surface area (Å²) < 4.78 is 1.15. The van der Waals surface area contributed by atoms with Crippen LogP contribution in [0.4, 0.5) is 5.69 Å². The number of thiophene rings is 1. The summed E-state index contributed by atoms with van der Waals surface area (Å²) in [4.78, 5) is 46.5. The first kappa shape index (κ1) is 22.6. The van der Waals surface area contributed by atoms with Crippen molar-refractivity contribution in [2.45, 2.75) is 19.4 Å². The van der Waals surface area contributed by atoms with Crippen molar-refractivity contribution < 1.29 is 14.4 Å². The molecular weight excluding hydrogens is 478 g/mol. The molecule has 6 nitrogen and oxygen atoms in total. The number of nitrogens with zero attached hydrogens (tertiary/aromatic N) is 3.